The third kappa shape index (κ3) is 2.07. The van der Waals surface area contributed by atoms with Gasteiger partial charge in [0.1, 0.15) is 11.3 Å². The smallest absolute Gasteiger partial charge is 0.134 e. The van der Waals surface area contributed by atoms with E-state index in [4.69, 9.17) is 4.42 Å². The third-order valence-corrected chi connectivity index (χ3v) is 4.49. The number of fused-ring (bicyclic) bond motifs is 2. The molecule has 0 saturated heterocycles. The highest BCUT2D eigenvalue weighted by Crippen LogP contribution is 2.37. The molecule has 21 heavy (non-hydrogen) atoms. The van der Waals surface area contributed by atoms with Gasteiger partial charge in [-0.25, -0.2) is 0 Å². The van der Waals surface area contributed by atoms with Crippen molar-refractivity contribution in [2.45, 2.75) is 19.4 Å². The Labute approximate surface area is 125 Å². The average Bonchev–Trinajstić information content (AvgIpc) is 2.90. The highest BCUT2D eigenvalue weighted by Gasteiger charge is 2.28. The molecule has 0 saturated carbocycles. The zero-order chi connectivity index (χ0) is 14.4. The van der Waals surface area contributed by atoms with Crippen molar-refractivity contribution in [3.63, 3.8) is 0 Å². The number of rotatable bonds is 1. The largest absolute Gasteiger partial charge is 0.460 e. The predicted molar refractivity (Wildman–Crippen MR) is 85.6 cm³/mol. The molecule has 0 N–H and O–H groups in total. The summed E-state index contributed by atoms with van der Waals surface area (Å²) in [7, 11) is 2.18. The van der Waals surface area contributed by atoms with Gasteiger partial charge in [0.2, 0.25) is 0 Å². The molecule has 0 radical (unpaired) electrons. The number of furan rings is 1. The fourth-order valence-corrected chi connectivity index (χ4v) is 3.54. The second kappa shape index (κ2) is 4.74. The zero-order valence-electron chi connectivity index (χ0n) is 12.5. The Bertz CT molecular complexity index is 769. The standard InChI is InChI=1S/C19H19NO/c1-13-6-5-8-15-11-20(2)12-16(19(13)15)18-10-14-7-3-4-9-17(14)21-18/h3-10,16H,11-12H2,1-2H3. The van der Waals surface area contributed by atoms with E-state index in [0.717, 1.165) is 24.4 Å². The Kier molecular flexibility index (Phi) is 2.86. The van der Waals surface area contributed by atoms with Crippen LogP contribution in [0, 0.1) is 6.92 Å². The van der Waals surface area contributed by atoms with E-state index < -0.39 is 0 Å². The number of hydrogen-bond donors (Lipinski definition) is 0. The lowest BCUT2D eigenvalue weighted by molar-refractivity contribution is 0.282. The topological polar surface area (TPSA) is 16.4 Å². The molecule has 1 atom stereocenters. The Morgan fingerprint density at radius 3 is 2.81 bits per heavy atom. The number of benzene rings is 2. The summed E-state index contributed by atoms with van der Waals surface area (Å²) in [4.78, 5) is 2.37. The Morgan fingerprint density at radius 2 is 1.95 bits per heavy atom. The molecule has 2 aromatic carbocycles. The van der Waals surface area contributed by atoms with Crippen LogP contribution in [0.3, 0.4) is 0 Å². The molecule has 0 amide bonds. The van der Waals surface area contributed by atoms with Crippen LogP contribution < -0.4 is 0 Å². The number of para-hydroxylation sites is 1. The van der Waals surface area contributed by atoms with Gasteiger partial charge < -0.3 is 9.32 Å². The normalized spacial score (nSPS) is 18.9. The van der Waals surface area contributed by atoms with Crippen molar-refractivity contribution in [2.24, 2.45) is 0 Å². The number of likely N-dealkylation sites (N-methyl/N-ethyl adjacent to an activating group) is 1. The van der Waals surface area contributed by atoms with Gasteiger partial charge in [0.15, 0.2) is 0 Å². The minimum atomic E-state index is 0.326. The predicted octanol–water partition coefficient (Wildman–Crippen LogP) is 4.32. The minimum absolute atomic E-state index is 0.326. The lowest BCUT2D eigenvalue weighted by atomic mass is 9.85. The van der Waals surface area contributed by atoms with Gasteiger partial charge in [-0.05, 0) is 42.8 Å². The van der Waals surface area contributed by atoms with E-state index in [2.05, 4.69) is 55.3 Å². The molecule has 1 aliphatic heterocycles. The highest BCUT2D eigenvalue weighted by molar-refractivity contribution is 5.78. The van der Waals surface area contributed by atoms with E-state index >= 15 is 0 Å². The van der Waals surface area contributed by atoms with E-state index in [1.165, 1.54) is 22.1 Å². The molecule has 0 bridgehead atoms. The van der Waals surface area contributed by atoms with Crippen molar-refractivity contribution in [1.29, 1.82) is 0 Å². The quantitative estimate of drug-likeness (QED) is 0.658. The van der Waals surface area contributed by atoms with Crippen molar-refractivity contribution in [1.82, 2.24) is 4.90 Å². The summed E-state index contributed by atoms with van der Waals surface area (Å²) in [5, 5.41) is 1.19. The van der Waals surface area contributed by atoms with Crippen LogP contribution in [0.1, 0.15) is 28.4 Å². The molecule has 2 heteroatoms. The van der Waals surface area contributed by atoms with E-state index in [9.17, 15) is 0 Å². The Balaban J connectivity index is 1.88. The Morgan fingerprint density at radius 1 is 1.10 bits per heavy atom. The van der Waals surface area contributed by atoms with Crippen LogP contribution in [0.2, 0.25) is 0 Å². The van der Waals surface area contributed by atoms with Gasteiger partial charge in [0.05, 0.1) is 5.92 Å². The summed E-state index contributed by atoms with van der Waals surface area (Å²) in [6.45, 7) is 4.24. The molecule has 0 spiro atoms. The molecule has 2 heterocycles. The molecular weight excluding hydrogens is 258 g/mol. The maximum Gasteiger partial charge on any atom is 0.134 e. The summed E-state index contributed by atoms with van der Waals surface area (Å²) in [5.41, 5.74) is 5.23. The van der Waals surface area contributed by atoms with Crippen molar-refractivity contribution in [3.8, 4) is 0 Å². The van der Waals surface area contributed by atoms with Gasteiger partial charge in [-0.3, -0.25) is 0 Å². The molecule has 106 valence electrons. The molecule has 2 nitrogen and oxygen atoms in total. The fraction of sp³-hybridized carbons (Fsp3) is 0.263. The summed E-state index contributed by atoms with van der Waals surface area (Å²) in [6.07, 6.45) is 0. The number of hydrogen-bond acceptors (Lipinski definition) is 2. The van der Waals surface area contributed by atoms with Gasteiger partial charge in [0.25, 0.3) is 0 Å². The van der Waals surface area contributed by atoms with E-state index in [1.54, 1.807) is 0 Å². The summed E-state index contributed by atoms with van der Waals surface area (Å²) in [6, 6.07) is 17.1. The van der Waals surface area contributed by atoms with Crippen LogP contribution in [0.25, 0.3) is 11.0 Å². The van der Waals surface area contributed by atoms with Crippen LogP contribution in [-0.2, 0) is 6.54 Å². The Hall–Kier alpha value is -2.06. The molecule has 1 aromatic heterocycles. The SMILES string of the molecule is Cc1cccc2c1C(c1cc3ccccc3o1)CN(C)C2. The van der Waals surface area contributed by atoms with Crippen LogP contribution in [0.5, 0.6) is 0 Å². The highest BCUT2D eigenvalue weighted by atomic mass is 16.3. The van der Waals surface area contributed by atoms with Crippen molar-refractivity contribution < 1.29 is 4.42 Å². The molecule has 0 fully saturated rings. The average molecular weight is 277 g/mol. The first-order valence-electron chi connectivity index (χ1n) is 7.48. The fourth-order valence-electron chi connectivity index (χ4n) is 3.54. The molecule has 1 aliphatic rings. The molecule has 0 aliphatic carbocycles. The monoisotopic (exact) mass is 277 g/mol. The van der Waals surface area contributed by atoms with E-state index in [0.29, 0.717) is 5.92 Å². The maximum absolute atomic E-state index is 6.14. The van der Waals surface area contributed by atoms with Crippen LogP contribution in [0.4, 0.5) is 0 Å². The van der Waals surface area contributed by atoms with Gasteiger partial charge in [-0.15, -0.1) is 0 Å². The minimum Gasteiger partial charge on any atom is -0.460 e. The van der Waals surface area contributed by atoms with Crippen LogP contribution >= 0.6 is 0 Å². The number of nitrogens with zero attached hydrogens (tertiary/aromatic N) is 1. The van der Waals surface area contributed by atoms with Crippen LogP contribution in [-0.4, -0.2) is 18.5 Å². The van der Waals surface area contributed by atoms with Crippen molar-refractivity contribution >= 4 is 11.0 Å². The summed E-state index contributed by atoms with van der Waals surface area (Å²) < 4.78 is 6.14. The van der Waals surface area contributed by atoms with E-state index in [-0.39, 0.29) is 0 Å². The molecule has 1 unspecified atom stereocenters. The van der Waals surface area contributed by atoms with Crippen LogP contribution in [0.15, 0.2) is 52.9 Å². The summed E-state index contributed by atoms with van der Waals surface area (Å²) >= 11 is 0. The van der Waals surface area contributed by atoms with Gasteiger partial charge in [-0.1, -0.05) is 36.4 Å². The van der Waals surface area contributed by atoms with E-state index in [1.807, 2.05) is 12.1 Å². The molecular formula is C19H19NO. The zero-order valence-corrected chi connectivity index (χ0v) is 12.5. The van der Waals surface area contributed by atoms with Gasteiger partial charge in [-0.2, -0.15) is 0 Å². The van der Waals surface area contributed by atoms with Gasteiger partial charge >= 0.3 is 0 Å². The molecule has 3 aromatic rings. The van der Waals surface area contributed by atoms with Crippen molar-refractivity contribution in [2.75, 3.05) is 13.6 Å². The van der Waals surface area contributed by atoms with Gasteiger partial charge in [0, 0.05) is 18.5 Å². The second-order valence-corrected chi connectivity index (χ2v) is 6.08. The lowest BCUT2D eigenvalue weighted by Crippen LogP contribution is -2.31. The second-order valence-electron chi connectivity index (χ2n) is 6.08. The number of aryl methyl sites for hydroxylation is 1. The third-order valence-electron chi connectivity index (χ3n) is 4.49. The first-order valence-corrected chi connectivity index (χ1v) is 7.48. The summed E-state index contributed by atoms with van der Waals surface area (Å²) in [5.74, 6) is 1.41. The lowest BCUT2D eigenvalue weighted by Gasteiger charge is -2.32. The first-order chi connectivity index (χ1) is 10.2. The maximum atomic E-state index is 6.14. The first kappa shape index (κ1) is 12.7. The van der Waals surface area contributed by atoms with Crippen molar-refractivity contribution in [3.05, 3.63) is 71.0 Å². The molecule has 4 rings (SSSR count).